The highest BCUT2D eigenvalue weighted by Gasteiger charge is 2.19. The van der Waals surface area contributed by atoms with Gasteiger partial charge in [-0.3, -0.25) is 9.35 Å². The molecular formula is C23H34N6O5S. The van der Waals surface area contributed by atoms with Crippen LogP contribution in [-0.4, -0.2) is 76.8 Å². The molecule has 11 nitrogen and oxygen atoms in total. The van der Waals surface area contributed by atoms with Crippen LogP contribution < -0.4 is 15.6 Å². The predicted molar refractivity (Wildman–Crippen MR) is 134 cm³/mol. The van der Waals surface area contributed by atoms with Gasteiger partial charge in [-0.1, -0.05) is 13.8 Å². The van der Waals surface area contributed by atoms with Crippen molar-refractivity contribution in [1.29, 1.82) is 0 Å². The average molecular weight is 507 g/mol. The third kappa shape index (κ3) is 6.45. The van der Waals surface area contributed by atoms with Crippen molar-refractivity contribution in [3.05, 3.63) is 40.1 Å². The number of fused-ring (bicyclic) bond motifs is 1. The van der Waals surface area contributed by atoms with Crippen molar-refractivity contribution >= 4 is 15.6 Å². The van der Waals surface area contributed by atoms with Crippen LogP contribution in [0.4, 0.5) is 0 Å². The van der Waals surface area contributed by atoms with Crippen LogP contribution >= 0.6 is 0 Å². The number of nitrogens with one attached hydrogen (secondary N) is 2. The Morgan fingerprint density at radius 2 is 1.89 bits per heavy atom. The molecule has 4 rings (SSSR count). The number of ether oxygens (including phenoxy) is 1. The molecule has 1 aliphatic heterocycles. The van der Waals surface area contributed by atoms with Crippen LogP contribution in [0.25, 0.3) is 16.9 Å². The maximum absolute atomic E-state index is 12.6. The minimum atomic E-state index is -4.42. The lowest BCUT2D eigenvalue weighted by atomic mass is 10.2. The Balaban J connectivity index is 0.000000363. The minimum Gasteiger partial charge on any atom is -0.493 e. The van der Waals surface area contributed by atoms with Gasteiger partial charge in [0.2, 0.25) is 0 Å². The monoisotopic (exact) mass is 506 g/mol. The maximum atomic E-state index is 12.6. The maximum Gasteiger partial charge on any atom is 0.294 e. The molecule has 1 aromatic carbocycles. The SMILES string of the molecule is CCCc1nc(C)c2c(=O)[nH]c(-c3cc(S(=O)(=O)O)ccc3OCC)nn12.CCN1CCNCC1. The molecule has 35 heavy (non-hydrogen) atoms. The predicted octanol–water partition coefficient (Wildman–Crippen LogP) is 1.90. The van der Waals surface area contributed by atoms with Crippen molar-refractivity contribution in [3.8, 4) is 17.1 Å². The summed E-state index contributed by atoms with van der Waals surface area (Å²) in [5, 5.41) is 7.76. The van der Waals surface area contributed by atoms with E-state index in [-0.39, 0.29) is 16.3 Å². The first-order valence-electron chi connectivity index (χ1n) is 11.9. The largest absolute Gasteiger partial charge is 0.493 e. The number of imidazole rings is 1. The number of hydrogen-bond donors (Lipinski definition) is 3. The summed E-state index contributed by atoms with van der Waals surface area (Å²) in [6.45, 7) is 14.1. The smallest absolute Gasteiger partial charge is 0.294 e. The first-order chi connectivity index (χ1) is 16.7. The van der Waals surface area contributed by atoms with Crippen molar-refractivity contribution in [2.75, 3.05) is 39.3 Å². The van der Waals surface area contributed by atoms with E-state index in [0.717, 1.165) is 6.42 Å². The van der Waals surface area contributed by atoms with E-state index < -0.39 is 15.7 Å². The Morgan fingerprint density at radius 1 is 1.17 bits per heavy atom. The molecule has 2 aromatic heterocycles. The highest BCUT2D eigenvalue weighted by Crippen LogP contribution is 2.30. The normalized spacial score (nSPS) is 14.5. The summed E-state index contributed by atoms with van der Waals surface area (Å²) < 4.78 is 39.4. The Labute approximate surface area is 205 Å². The average Bonchev–Trinajstić information content (AvgIpc) is 3.15. The molecule has 3 aromatic rings. The number of nitrogens with zero attached hydrogens (tertiary/aromatic N) is 4. The van der Waals surface area contributed by atoms with Gasteiger partial charge in [-0.15, -0.1) is 5.10 Å². The summed E-state index contributed by atoms with van der Waals surface area (Å²) in [5.41, 5.74) is 0.758. The van der Waals surface area contributed by atoms with E-state index in [2.05, 4.69) is 32.2 Å². The van der Waals surface area contributed by atoms with Crippen LogP contribution in [0.15, 0.2) is 27.9 Å². The quantitative estimate of drug-likeness (QED) is 0.410. The van der Waals surface area contributed by atoms with E-state index >= 15 is 0 Å². The van der Waals surface area contributed by atoms with Crippen LogP contribution in [0.1, 0.15) is 38.7 Å². The second-order valence-corrected chi connectivity index (χ2v) is 9.60. The van der Waals surface area contributed by atoms with E-state index in [1.54, 1.807) is 13.8 Å². The second kappa shape index (κ2) is 11.8. The second-order valence-electron chi connectivity index (χ2n) is 8.18. The van der Waals surface area contributed by atoms with Crippen molar-refractivity contribution < 1.29 is 17.7 Å². The number of aromatic amines is 1. The number of rotatable bonds is 7. The number of aryl methyl sites for hydroxylation is 2. The molecule has 0 aliphatic carbocycles. The number of benzene rings is 1. The molecule has 3 heterocycles. The molecule has 3 N–H and O–H groups in total. The first kappa shape index (κ1) is 26.8. The molecule has 0 unspecified atom stereocenters. The molecular weight excluding hydrogens is 472 g/mol. The molecule has 1 saturated heterocycles. The number of hydrogen-bond acceptors (Lipinski definition) is 8. The van der Waals surface area contributed by atoms with Crippen molar-refractivity contribution in [1.82, 2.24) is 29.8 Å². The molecule has 1 fully saturated rings. The van der Waals surface area contributed by atoms with E-state index in [1.165, 1.54) is 55.4 Å². The molecule has 0 bridgehead atoms. The molecule has 0 radical (unpaired) electrons. The number of aromatic nitrogens is 4. The summed E-state index contributed by atoms with van der Waals surface area (Å²) >= 11 is 0. The fourth-order valence-corrected chi connectivity index (χ4v) is 4.41. The zero-order valence-electron chi connectivity index (χ0n) is 20.7. The molecule has 192 valence electrons. The fourth-order valence-electron chi connectivity index (χ4n) is 3.91. The van der Waals surface area contributed by atoms with Crippen LogP contribution in [0, 0.1) is 6.92 Å². The van der Waals surface area contributed by atoms with Crippen LogP contribution in [-0.2, 0) is 16.5 Å². The standard InChI is InChI=1S/C17H20N4O5S.C6H14N2/c1-4-6-14-18-10(3)15-17(22)19-16(20-21(14)15)12-9-11(27(23,24)25)7-8-13(12)26-5-2;1-2-8-5-3-7-4-6-8/h7-9H,4-6H2,1-3H3,(H,19,20,22)(H,23,24,25);7H,2-6H2,1H3. The lowest BCUT2D eigenvalue weighted by Crippen LogP contribution is -2.43. The van der Waals surface area contributed by atoms with E-state index in [0.29, 0.717) is 35.8 Å². The van der Waals surface area contributed by atoms with Gasteiger partial charge in [0.05, 0.1) is 22.8 Å². The van der Waals surface area contributed by atoms with Crippen LogP contribution in [0.3, 0.4) is 0 Å². The molecule has 12 heteroatoms. The van der Waals surface area contributed by atoms with E-state index in [4.69, 9.17) is 4.74 Å². The van der Waals surface area contributed by atoms with E-state index in [9.17, 15) is 17.8 Å². The summed E-state index contributed by atoms with van der Waals surface area (Å²) in [6, 6.07) is 3.86. The third-order valence-electron chi connectivity index (χ3n) is 5.68. The molecule has 1 aliphatic rings. The van der Waals surface area contributed by atoms with Crippen LogP contribution in [0.5, 0.6) is 5.75 Å². The van der Waals surface area contributed by atoms with Crippen molar-refractivity contribution in [3.63, 3.8) is 0 Å². The lowest BCUT2D eigenvalue weighted by molar-refractivity contribution is 0.253. The Bertz CT molecular complexity index is 1310. The number of H-pyrrole nitrogens is 1. The first-order valence-corrected chi connectivity index (χ1v) is 13.3. The molecule has 0 atom stereocenters. The number of likely N-dealkylation sites (N-methyl/N-ethyl adjacent to an activating group) is 1. The Morgan fingerprint density at radius 3 is 2.46 bits per heavy atom. The minimum absolute atomic E-state index is 0.121. The van der Waals surface area contributed by atoms with Gasteiger partial charge in [-0.2, -0.15) is 8.42 Å². The summed E-state index contributed by atoms with van der Waals surface area (Å²) in [4.78, 5) is 21.8. The van der Waals surface area contributed by atoms with Gasteiger partial charge in [0, 0.05) is 32.6 Å². The van der Waals surface area contributed by atoms with Crippen molar-refractivity contribution in [2.24, 2.45) is 0 Å². The van der Waals surface area contributed by atoms with Gasteiger partial charge in [-0.25, -0.2) is 9.50 Å². The summed E-state index contributed by atoms with van der Waals surface area (Å²) in [5.74, 6) is 1.10. The Hall–Kier alpha value is -2.80. The van der Waals surface area contributed by atoms with Gasteiger partial charge in [0.15, 0.2) is 11.3 Å². The van der Waals surface area contributed by atoms with Gasteiger partial charge >= 0.3 is 0 Å². The van der Waals surface area contributed by atoms with Crippen LogP contribution in [0.2, 0.25) is 0 Å². The number of piperazine rings is 1. The fraction of sp³-hybridized carbons (Fsp3) is 0.522. The Kier molecular flexibility index (Phi) is 9.00. The van der Waals surface area contributed by atoms with Gasteiger partial charge < -0.3 is 19.9 Å². The molecule has 0 spiro atoms. The summed E-state index contributed by atoms with van der Waals surface area (Å²) in [6.07, 6.45) is 1.46. The lowest BCUT2D eigenvalue weighted by Gasteiger charge is -2.25. The van der Waals surface area contributed by atoms with Gasteiger partial charge in [0.1, 0.15) is 11.6 Å². The van der Waals surface area contributed by atoms with Gasteiger partial charge in [0.25, 0.3) is 15.7 Å². The van der Waals surface area contributed by atoms with Gasteiger partial charge in [-0.05, 0) is 45.0 Å². The summed E-state index contributed by atoms with van der Waals surface area (Å²) in [7, 11) is -4.42. The van der Waals surface area contributed by atoms with E-state index in [1.807, 2.05) is 6.92 Å². The van der Waals surface area contributed by atoms with Crippen molar-refractivity contribution in [2.45, 2.75) is 45.4 Å². The third-order valence-corrected chi connectivity index (χ3v) is 6.53. The highest BCUT2D eigenvalue weighted by atomic mass is 32.2. The highest BCUT2D eigenvalue weighted by molar-refractivity contribution is 7.85. The molecule has 0 amide bonds. The topological polar surface area (TPSA) is 142 Å². The zero-order chi connectivity index (χ0) is 25.6. The zero-order valence-corrected chi connectivity index (χ0v) is 21.5. The molecule has 0 saturated carbocycles.